The number of carbonyl (C=O) groups excluding carboxylic acids is 2. The van der Waals surface area contributed by atoms with Crippen LogP contribution in [-0.2, 0) is 14.3 Å². The summed E-state index contributed by atoms with van der Waals surface area (Å²) in [5.74, 6) is 1.22. The van der Waals surface area contributed by atoms with Crippen molar-refractivity contribution in [2.45, 2.75) is 45.3 Å². The van der Waals surface area contributed by atoms with Crippen LogP contribution in [0.5, 0.6) is 0 Å². The quantitative estimate of drug-likeness (QED) is 0.601. The Kier molecular flexibility index (Phi) is 5.46. The number of esters is 1. The van der Waals surface area contributed by atoms with Gasteiger partial charge in [-0.2, -0.15) is 4.90 Å². The molecule has 22 heavy (non-hydrogen) atoms. The number of nitrogens with zero attached hydrogens (tertiary/aromatic N) is 1. The van der Waals surface area contributed by atoms with E-state index in [1.165, 1.54) is 0 Å². The van der Waals surface area contributed by atoms with Crippen molar-refractivity contribution in [3.63, 3.8) is 0 Å². The van der Waals surface area contributed by atoms with E-state index in [-0.39, 0.29) is 13.0 Å². The molecule has 0 aromatic rings. The van der Waals surface area contributed by atoms with E-state index in [0.717, 1.165) is 0 Å². The molecule has 1 saturated carbocycles. The van der Waals surface area contributed by atoms with Crippen LogP contribution in [-0.4, -0.2) is 45.9 Å². The van der Waals surface area contributed by atoms with Gasteiger partial charge in [0, 0.05) is 22.4 Å². The lowest BCUT2D eigenvalue weighted by Gasteiger charge is -2.29. The third kappa shape index (κ3) is 3.71. The summed E-state index contributed by atoms with van der Waals surface area (Å²) in [6.45, 7) is 6.47. The highest BCUT2D eigenvalue weighted by molar-refractivity contribution is 9.12. The molecule has 0 spiro atoms. The van der Waals surface area contributed by atoms with Gasteiger partial charge >= 0.3 is 18.2 Å². The Balaban J connectivity index is 3.18. The predicted octanol–water partition coefficient (Wildman–Crippen LogP) is 2.58. The van der Waals surface area contributed by atoms with Crippen molar-refractivity contribution in [1.29, 1.82) is 0 Å². The first kappa shape index (κ1) is 18.3. The summed E-state index contributed by atoms with van der Waals surface area (Å²) in [6.07, 6.45) is -2.62. The second-order valence-corrected chi connectivity index (χ2v) is 6.14. The highest BCUT2D eigenvalue weighted by Gasteiger charge is 2.69. The topological polar surface area (TPSA) is 93.1 Å². The van der Waals surface area contributed by atoms with Crippen LogP contribution in [0.3, 0.4) is 0 Å². The van der Waals surface area contributed by atoms with Gasteiger partial charge in [0.1, 0.15) is 5.60 Å². The monoisotopic (exact) mass is 375 g/mol. The van der Waals surface area contributed by atoms with Crippen molar-refractivity contribution < 1.29 is 29.0 Å². The molecule has 1 rings (SSSR count). The number of amides is 2. The van der Waals surface area contributed by atoms with Crippen LogP contribution in [0.25, 0.3) is 0 Å². The lowest BCUT2D eigenvalue weighted by molar-refractivity contribution is -0.150. The van der Waals surface area contributed by atoms with Crippen LogP contribution in [0.2, 0.25) is 0 Å². The average Bonchev–Trinajstić information content (AvgIpc) is 3.02. The van der Waals surface area contributed by atoms with Gasteiger partial charge in [-0.05, 0) is 32.5 Å². The lowest BCUT2D eigenvalue weighted by Crippen LogP contribution is -2.53. The van der Waals surface area contributed by atoms with Crippen molar-refractivity contribution in [3.8, 4) is 10.8 Å². The molecule has 8 heteroatoms. The number of carbonyl (C=O) groups is 3. The standard InChI is InChI=1S/C14H18BrNO6/c1-5-21-10(17)14(8-9(14)6-7-15)16(11(18)19)12(20)22-13(2,3)4/h9H,5,8H2,1-4H3,(H,18,19)/t9-,14-/m1/s1. The van der Waals surface area contributed by atoms with Crippen LogP contribution >= 0.6 is 15.9 Å². The summed E-state index contributed by atoms with van der Waals surface area (Å²) in [6, 6.07) is 0. The molecule has 122 valence electrons. The van der Waals surface area contributed by atoms with Crippen molar-refractivity contribution in [2.24, 2.45) is 5.92 Å². The first-order chi connectivity index (χ1) is 10.1. The van der Waals surface area contributed by atoms with Crippen LogP contribution in [0.4, 0.5) is 9.59 Å². The van der Waals surface area contributed by atoms with Gasteiger partial charge < -0.3 is 14.6 Å². The van der Waals surface area contributed by atoms with Crippen LogP contribution < -0.4 is 0 Å². The number of ether oxygens (including phenoxy) is 2. The molecule has 2 amide bonds. The van der Waals surface area contributed by atoms with E-state index in [1.807, 2.05) is 0 Å². The largest absolute Gasteiger partial charge is 0.464 e. The minimum Gasteiger partial charge on any atom is -0.464 e. The predicted molar refractivity (Wildman–Crippen MR) is 80.3 cm³/mol. The molecule has 1 N–H and O–H groups in total. The second-order valence-electron chi connectivity index (χ2n) is 5.74. The molecule has 0 aromatic heterocycles. The van der Waals surface area contributed by atoms with Gasteiger partial charge in [0.2, 0.25) is 0 Å². The molecule has 0 radical (unpaired) electrons. The Morgan fingerprint density at radius 1 is 1.41 bits per heavy atom. The van der Waals surface area contributed by atoms with Crippen molar-refractivity contribution >= 4 is 34.1 Å². The number of hydrogen-bond acceptors (Lipinski definition) is 5. The number of carboxylic acid groups (broad SMARTS) is 1. The number of hydrogen-bond donors (Lipinski definition) is 1. The average molecular weight is 376 g/mol. The Labute approximate surface area is 137 Å². The molecule has 2 atom stereocenters. The van der Waals surface area contributed by atoms with Gasteiger partial charge in [0.05, 0.1) is 12.5 Å². The van der Waals surface area contributed by atoms with E-state index in [9.17, 15) is 19.5 Å². The van der Waals surface area contributed by atoms with E-state index >= 15 is 0 Å². The fraction of sp³-hybridized carbons (Fsp3) is 0.643. The Bertz CT molecular complexity index is 544. The fourth-order valence-electron chi connectivity index (χ4n) is 2.03. The highest BCUT2D eigenvalue weighted by Crippen LogP contribution is 2.50. The summed E-state index contributed by atoms with van der Waals surface area (Å²) < 4.78 is 10.0. The normalized spacial score (nSPS) is 22.9. The van der Waals surface area contributed by atoms with E-state index in [2.05, 4.69) is 26.7 Å². The maximum atomic E-state index is 12.2. The lowest BCUT2D eigenvalue weighted by atomic mass is 10.1. The minimum absolute atomic E-state index is 0.0663. The summed E-state index contributed by atoms with van der Waals surface area (Å²) >= 11 is 2.91. The van der Waals surface area contributed by atoms with Gasteiger partial charge in [0.25, 0.3) is 0 Å². The Morgan fingerprint density at radius 3 is 2.41 bits per heavy atom. The third-order valence-corrected chi connectivity index (χ3v) is 3.18. The molecule has 1 fully saturated rings. The van der Waals surface area contributed by atoms with E-state index < -0.39 is 35.2 Å². The summed E-state index contributed by atoms with van der Waals surface area (Å²) in [5, 5.41) is 9.38. The van der Waals surface area contributed by atoms with Crippen LogP contribution in [0, 0.1) is 16.7 Å². The smallest absolute Gasteiger partial charge is 0.420 e. The van der Waals surface area contributed by atoms with Gasteiger partial charge in [-0.25, -0.2) is 14.4 Å². The zero-order valence-electron chi connectivity index (χ0n) is 12.8. The first-order valence-electron chi connectivity index (χ1n) is 6.64. The van der Waals surface area contributed by atoms with Gasteiger partial charge in [-0.3, -0.25) is 0 Å². The molecular weight excluding hydrogens is 358 g/mol. The number of halogens is 1. The maximum absolute atomic E-state index is 12.2. The number of rotatable bonds is 3. The molecule has 0 bridgehead atoms. The zero-order chi connectivity index (χ0) is 17.1. The summed E-state index contributed by atoms with van der Waals surface area (Å²) in [4.78, 5) is 38.8. The van der Waals surface area contributed by atoms with Gasteiger partial charge in [0.15, 0.2) is 5.54 Å². The van der Waals surface area contributed by atoms with E-state index in [1.54, 1.807) is 27.7 Å². The van der Waals surface area contributed by atoms with E-state index in [0.29, 0.717) is 4.90 Å². The Morgan fingerprint density at radius 2 is 2.00 bits per heavy atom. The zero-order valence-corrected chi connectivity index (χ0v) is 14.4. The molecule has 1 aliphatic carbocycles. The van der Waals surface area contributed by atoms with Crippen LogP contribution in [0.1, 0.15) is 34.1 Å². The molecule has 0 aromatic carbocycles. The SMILES string of the molecule is CCOC(=O)[C@@]1(N(C(=O)O)C(=O)OC(C)(C)C)C[C@H]1C#CBr. The Hall–Kier alpha value is -1.75. The maximum Gasteiger partial charge on any atom is 0.420 e. The molecule has 0 aliphatic heterocycles. The van der Waals surface area contributed by atoms with Crippen LogP contribution in [0.15, 0.2) is 0 Å². The fourth-order valence-corrected chi connectivity index (χ4v) is 2.30. The van der Waals surface area contributed by atoms with Gasteiger partial charge in [-0.15, -0.1) is 0 Å². The van der Waals surface area contributed by atoms with Gasteiger partial charge in [-0.1, -0.05) is 5.92 Å². The van der Waals surface area contributed by atoms with Crippen molar-refractivity contribution in [2.75, 3.05) is 6.61 Å². The molecular formula is C14H18BrNO6. The molecule has 0 saturated heterocycles. The summed E-state index contributed by atoms with van der Waals surface area (Å²) in [5.41, 5.74) is -2.54. The second kappa shape index (κ2) is 6.57. The van der Waals surface area contributed by atoms with E-state index in [4.69, 9.17) is 9.47 Å². The van der Waals surface area contributed by atoms with Crippen molar-refractivity contribution in [1.82, 2.24) is 4.90 Å². The van der Waals surface area contributed by atoms with Crippen molar-refractivity contribution in [3.05, 3.63) is 0 Å². The summed E-state index contributed by atoms with van der Waals surface area (Å²) in [7, 11) is 0. The minimum atomic E-state index is -1.65. The molecule has 1 aliphatic rings. The molecule has 0 unspecified atom stereocenters. The molecule has 7 nitrogen and oxygen atoms in total. The third-order valence-electron chi connectivity index (χ3n) is 2.96. The number of imide groups is 1. The first-order valence-corrected chi connectivity index (χ1v) is 7.44. The highest BCUT2D eigenvalue weighted by atomic mass is 79.9. The molecule has 0 heterocycles.